The largest absolute Gasteiger partial charge is 0.338 e. The van der Waals surface area contributed by atoms with E-state index in [4.69, 9.17) is 5.26 Å². The Labute approximate surface area is 148 Å². The fourth-order valence-electron chi connectivity index (χ4n) is 3.21. The molecule has 1 aliphatic heterocycles. The highest BCUT2D eigenvalue weighted by molar-refractivity contribution is 5.74. The lowest BCUT2D eigenvalue weighted by Crippen LogP contribution is -2.46. The third-order valence-electron chi connectivity index (χ3n) is 4.53. The predicted molar refractivity (Wildman–Crippen MR) is 95.1 cm³/mol. The average Bonchev–Trinajstić information content (AvgIpc) is 3.08. The van der Waals surface area contributed by atoms with Crippen LogP contribution in [0.1, 0.15) is 35.6 Å². The molecular formula is C19H23N5O. The maximum atomic E-state index is 12.4. The molecule has 6 heteroatoms. The summed E-state index contributed by atoms with van der Waals surface area (Å²) in [4.78, 5) is 14.3. The summed E-state index contributed by atoms with van der Waals surface area (Å²) in [5, 5.41) is 16.3. The van der Waals surface area contributed by atoms with Crippen molar-refractivity contribution in [3.8, 4) is 6.07 Å². The number of aromatic nitrogens is 2. The smallest absolute Gasteiger partial charge is 0.317 e. The van der Waals surface area contributed by atoms with Crippen molar-refractivity contribution in [2.24, 2.45) is 0 Å². The van der Waals surface area contributed by atoms with Crippen molar-refractivity contribution in [3.63, 3.8) is 0 Å². The molecule has 1 fully saturated rings. The summed E-state index contributed by atoms with van der Waals surface area (Å²) < 4.78 is 1.97. The summed E-state index contributed by atoms with van der Waals surface area (Å²) >= 11 is 0. The van der Waals surface area contributed by atoms with Crippen molar-refractivity contribution < 1.29 is 4.79 Å². The van der Waals surface area contributed by atoms with Gasteiger partial charge < -0.3 is 10.2 Å². The molecule has 0 saturated carbocycles. The number of amides is 2. The van der Waals surface area contributed by atoms with Gasteiger partial charge in [-0.3, -0.25) is 4.68 Å². The number of nitrogens with zero attached hydrogens (tertiary/aromatic N) is 4. The maximum Gasteiger partial charge on any atom is 0.317 e. The zero-order valence-corrected chi connectivity index (χ0v) is 14.5. The quantitative estimate of drug-likeness (QED) is 0.932. The topological polar surface area (TPSA) is 74.0 Å². The normalized spacial score (nSPS) is 17.1. The number of hydrogen-bond donors (Lipinski definition) is 1. The van der Waals surface area contributed by atoms with Gasteiger partial charge in [-0.2, -0.15) is 10.4 Å². The van der Waals surface area contributed by atoms with Crippen molar-refractivity contribution in [1.82, 2.24) is 20.0 Å². The van der Waals surface area contributed by atoms with Crippen molar-refractivity contribution in [2.45, 2.75) is 32.2 Å². The zero-order valence-electron chi connectivity index (χ0n) is 14.5. The lowest BCUT2D eigenvalue weighted by Gasteiger charge is -2.32. The number of carbonyl (C=O) groups excluding carboxylic acids is 1. The van der Waals surface area contributed by atoms with Gasteiger partial charge in [0.15, 0.2) is 0 Å². The van der Waals surface area contributed by atoms with Crippen LogP contribution in [0.4, 0.5) is 4.79 Å². The third-order valence-corrected chi connectivity index (χ3v) is 4.53. The molecule has 6 nitrogen and oxygen atoms in total. The Bertz CT molecular complexity index is 776. The second kappa shape index (κ2) is 7.84. The van der Waals surface area contributed by atoms with E-state index in [2.05, 4.69) is 16.5 Å². The van der Waals surface area contributed by atoms with Gasteiger partial charge in [-0.1, -0.05) is 12.1 Å². The molecule has 1 aliphatic rings. The molecular weight excluding hydrogens is 314 g/mol. The van der Waals surface area contributed by atoms with Gasteiger partial charge in [0.1, 0.15) is 0 Å². The Balaban J connectivity index is 1.50. The minimum Gasteiger partial charge on any atom is -0.338 e. The number of aryl methyl sites for hydroxylation is 1. The molecule has 1 aromatic heterocycles. The number of urea groups is 1. The molecule has 25 heavy (non-hydrogen) atoms. The molecule has 0 radical (unpaired) electrons. The lowest BCUT2D eigenvalue weighted by molar-refractivity contribution is 0.163. The number of hydrogen-bond acceptors (Lipinski definition) is 3. The molecule has 1 aromatic carbocycles. The Hall–Kier alpha value is -2.81. The van der Waals surface area contributed by atoms with Crippen molar-refractivity contribution in [3.05, 3.63) is 53.3 Å². The number of benzene rings is 1. The molecule has 1 atom stereocenters. The fraction of sp³-hybridized carbons (Fsp3) is 0.421. The lowest BCUT2D eigenvalue weighted by atomic mass is 10.1. The zero-order chi connectivity index (χ0) is 17.6. The highest BCUT2D eigenvalue weighted by Gasteiger charge is 2.24. The minimum absolute atomic E-state index is 0.0231. The Morgan fingerprint density at radius 1 is 1.48 bits per heavy atom. The van der Waals surface area contributed by atoms with Crippen molar-refractivity contribution >= 4 is 6.03 Å². The van der Waals surface area contributed by atoms with Crippen LogP contribution < -0.4 is 5.32 Å². The van der Waals surface area contributed by atoms with E-state index in [0.29, 0.717) is 18.7 Å². The summed E-state index contributed by atoms with van der Waals surface area (Å²) in [7, 11) is 0. The molecule has 2 amide bonds. The van der Waals surface area contributed by atoms with Gasteiger partial charge in [0, 0.05) is 25.8 Å². The standard InChI is InChI=1S/C19H23N5O/c1-15-12-22-24(13-15)18-6-3-9-23(14-18)19(25)21-8-7-16-4-2-5-17(10-16)11-20/h2,4-5,10,12-13,18H,3,6-9,14H2,1H3,(H,21,25). The fourth-order valence-corrected chi connectivity index (χ4v) is 3.21. The summed E-state index contributed by atoms with van der Waals surface area (Å²) in [6.07, 6.45) is 6.65. The van der Waals surface area contributed by atoms with Crippen LogP contribution in [0.3, 0.4) is 0 Å². The van der Waals surface area contributed by atoms with Crippen LogP contribution in [0, 0.1) is 18.3 Å². The second-order valence-corrected chi connectivity index (χ2v) is 6.53. The van der Waals surface area contributed by atoms with Gasteiger partial charge in [-0.15, -0.1) is 0 Å². The van der Waals surface area contributed by atoms with E-state index in [1.54, 1.807) is 6.07 Å². The van der Waals surface area contributed by atoms with Crippen LogP contribution in [0.2, 0.25) is 0 Å². The summed E-state index contributed by atoms with van der Waals surface area (Å²) in [5.74, 6) is 0. The summed E-state index contributed by atoms with van der Waals surface area (Å²) in [6, 6.07) is 9.86. The molecule has 0 aliphatic carbocycles. The molecule has 3 rings (SSSR count). The molecule has 1 saturated heterocycles. The molecule has 0 bridgehead atoms. The van der Waals surface area contributed by atoms with Gasteiger partial charge in [0.25, 0.3) is 0 Å². The molecule has 2 heterocycles. The van der Waals surface area contributed by atoms with Crippen LogP contribution in [-0.2, 0) is 6.42 Å². The minimum atomic E-state index is -0.0231. The highest BCUT2D eigenvalue weighted by Crippen LogP contribution is 2.21. The van der Waals surface area contributed by atoms with Crippen molar-refractivity contribution in [1.29, 1.82) is 5.26 Å². The predicted octanol–water partition coefficient (Wildman–Crippen LogP) is 2.65. The first-order chi connectivity index (χ1) is 12.2. The van der Waals surface area contributed by atoms with Crippen LogP contribution >= 0.6 is 0 Å². The van der Waals surface area contributed by atoms with Crippen LogP contribution in [-0.4, -0.2) is 40.3 Å². The van der Waals surface area contributed by atoms with Crippen LogP contribution in [0.15, 0.2) is 36.7 Å². The van der Waals surface area contributed by atoms with E-state index >= 15 is 0 Å². The second-order valence-electron chi connectivity index (χ2n) is 6.53. The van der Waals surface area contributed by atoms with Gasteiger partial charge in [-0.05, 0) is 49.4 Å². The number of piperidine rings is 1. The molecule has 1 unspecified atom stereocenters. The van der Waals surface area contributed by atoms with E-state index in [-0.39, 0.29) is 12.1 Å². The van der Waals surface area contributed by atoms with Crippen LogP contribution in [0.25, 0.3) is 0 Å². The number of likely N-dealkylation sites (tertiary alicyclic amines) is 1. The number of rotatable bonds is 4. The van der Waals surface area contributed by atoms with Crippen molar-refractivity contribution in [2.75, 3.05) is 19.6 Å². The molecule has 1 N–H and O–H groups in total. The molecule has 0 spiro atoms. The molecule has 130 valence electrons. The third kappa shape index (κ3) is 4.38. The monoisotopic (exact) mass is 337 g/mol. The van der Waals surface area contributed by atoms with E-state index in [1.165, 1.54) is 0 Å². The highest BCUT2D eigenvalue weighted by atomic mass is 16.2. The number of nitriles is 1. The Kier molecular flexibility index (Phi) is 5.34. The first-order valence-electron chi connectivity index (χ1n) is 8.68. The SMILES string of the molecule is Cc1cnn(C2CCCN(C(=O)NCCc3cccc(C#N)c3)C2)c1. The van der Waals surface area contributed by atoms with Gasteiger partial charge in [-0.25, -0.2) is 4.79 Å². The number of carbonyl (C=O) groups is 1. The van der Waals surface area contributed by atoms with Crippen LogP contribution in [0.5, 0.6) is 0 Å². The van der Waals surface area contributed by atoms with Gasteiger partial charge in [0.2, 0.25) is 0 Å². The Morgan fingerprint density at radius 3 is 3.12 bits per heavy atom. The summed E-state index contributed by atoms with van der Waals surface area (Å²) in [5.41, 5.74) is 2.85. The first-order valence-corrected chi connectivity index (χ1v) is 8.68. The van der Waals surface area contributed by atoms with E-state index in [1.807, 2.05) is 47.1 Å². The van der Waals surface area contributed by atoms with E-state index in [9.17, 15) is 4.79 Å². The number of nitrogens with one attached hydrogen (secondary N) is 1. The van der Waals surface area contributed by atoms with Gasteiger partial charge in [0.05, 0.1) is 23.9 Å². The summed E-state index contributed by atoms with van der Waals surface area (Å²) in [6.45, 7) is 4.07. The maximum absolute atomic E-state index is 12.4. The van der Waals surface area contributed by atoms with E-state index in [0.717, 1.165) is 36.9 Å². The average molecular weight is 337 g/mol. The molecule has 2 aromatic rings. The first kappa shape index (κ1) is 17.0. The Morgan fingerprint density at radius 2 is 2.36 bits per heavy atom. The van der Waals surface area contributed by atoms with E-state index < -0.39 is 0 Å². The van der Waals surface area contributed by atoms with Gasteiger partial charge >= 0.3 is 6.03 Å².